The molecule has 2 N–H and O–H groups in total. The summed E-state index contributed by atoms with van der Waals surface area (Å²) in [4.78, 5) is 0. The van der Waals surface area contributed by atoms with Crippen molar-refractivity contribution < 1.29 is 13.2 Å². The first kappa shape index (κ1) is 17.1. The minimum atomic E-state index is -4.46. The second-order valence-corrected chi connectivity index (χ2v) is 5.92. The SMILES string of the molecule is FC(F)(F)c1ccccc1NC(=S)Nc1ccc(Br)c(Cl)c1. The molecule has 116 valence electrons. The molecule has 2 rings (SSSR count). The Morgan fingerprint density at radius 3 is 2.41 bits per heavy atom. The first-order valence-electron chi connectivity index (χ1n) is 5.96. The number of para-hydroxylation sites is 1. The van der Waals surface area contributed by atoms with Gasteiger partial charge in [-0.05, 0) is 58.5 Å². The fraction of sp³-hybridized carbons (Fsp3) is 0.0714. The summed E-state index contributed by atoms with van der Waals surface area (Å²) in [6, 6.07) is 10.1. The second-order valence-electron chi connectivity index (χ2n) is 4.25. The number of rotatable bonds is 2. The highest BCUT2D eigenvalue weighted by Gasteiger charge is 2.33. The molecular formula is C14H9BrClF3N2S. The van der Waals surface area contributed by atoms with Gasteiger partial charge in [0.1, 0.15) is 0 Å². The van der Waals surface area contributed by atoms with Crippen molar-refractivity contribution in [1.82, 2.24) is 0 Å². The standard InChI is InChI=1S/C14H9BrClF3N2S/c15-10-6-5-8(7-11(10)16)20-13(22)21-12-4-2-1-3-9(12)14(17,18)19/h1-7H,(H2,20,21,22). The van der Waals surface area contributed by atoms with Crippen LogP contribution in [0.25, 0.3) is 0 Å². The average Bonchev–Trinajstić information content (AvgIpc) is 2.42. The molecule has 0 saturated heterocycles. The predicted molar refractivity (Wildman–Crippen MR) is 90.4 cm³/mol. The van der Waals surface area contributed by atoms with E-state index >= 15 is 0 Å². The quantitative estimate of drug-likeness (QED) is 0.601. The van der Waals surface area contributed by atoms with E-state index in [1.54, 1.807) is 18.2 Å². The fourth-order valence-corrected chi connectivity index (χ4v) is 2.35. The minimum Gasteiger partial charge on any atom is -0.332 e. The molecule has 0 amide bonds. The van der Waals surface area contributed by atoms with Crippen LogP contribution in [0.15, 0.2) is 46.9 Å². The molecule has 2 nitrogen and oxygen atoms in total. The zero-order valence-corrected chi connectivity index (χ0v) is 14.0. The fourth-order valence-electron chi connectivity index (χ4n) is 1.70. The molecule has 0 aromatic heterocycles. The van der Waals surface area contributed by atoms with Gasteiger partial charge in [-0.15, -0.1) is 0 Å². The summed E-state index contributed by atoms with van der Waals surface area (Å²) in [6.45, 7) is 0. The highest BCUT2D eigenvalue weighted by atomic mass is 79.9. The minimum absolute atomic E-state index is 0.0371. The summed E-state index contributed by atoms with van der Waals surface area (Å²) >= 11 is 14.2. The van der Waals surface area contributed by atoms with Gasteiger partial charge in [-0.25, -0.2) is 0 Å². The van der Waals surface area contributed by atoms with Crippen LogP contribution in [0, 0.1) is 0 Å². The molecule has 0 unspecified atom stereocenters. The average molecular weight is 410 g/mol. The van der Waals surface area contributed by atoms with Gasteiger partial charge < -0.3 is 10.6 Å². The summed E-state index contributed by atoms with van der Waals surface area (Å²) < 4.78 is 39.4. The summed E-state index contributed by atoms with van der Waals surface area (Å²) in [5.74, 6) is 0. The van der Waals surface area contributed by atoms with E-state index in [9.17, 15) is 13.2 Å². The first-order valence-corrected chi connectivity index (χ1v) is 7.54. The number of hydrogen-bond donors (Lipinski definition) is 2. The number of halogens is 5. The normalized spacial score (nSPS) is 11.1. The Labute approximate surface area is 143 Å². The molecule has 2 aromatic carbocycles. The van der Waals surface area contributed by atoms with Gasteiger partial charge in [0, 0.05) is 10.2 Å². The number of thiocarbonyl (C=S) groups is 1. The van der Waals surface area contributed by atoms with Gasteiger partial charge in [-0.2, -0.15) is 13.2 Å². The Morgan fingerprint density at radius 1 is 1.09 bits per heavy atom. The maximum atomic E-state index is 12.9. The van der Waals surface area contributed by atoms with E-state index in [4.69, 9.17) is 23.8 Å². The van der Waals surface area contributed by atoms with Crippen molar-refractivity contribution in [3.63, 3.8) is 0 Å². The maximum absolute atomic E-state index is 12.9. The molecule has 22 heavy (non-hydrogen) atoms. The number of alkyl halides is 3. The number of nitrogens with one attached hydrogen (secondary N) is 2. The Kier molecular flexibility index (Phi) is 5.31. The van der Waals surface area contributed by atoms with Gasteiger partial charge in [0.05, 0.1) is 16.3 Å². The van der Waals surface area contributed by atoms with Gasteiger partial charge in [-0.3, -0.25) is 0 Å². The van der Waals surface area contributed by atoms with E-state index in [1.807, 2.05) is 0 Å². The monoisotopic (exact) mass is 408 g/mol. The van der Waals surface area contributed by atoms with Crippen molar-refractivity contribution in [1.29, 1.82) is 0 Å². The molecule has 0 aliphatic carbocycles. The lowest BCUT2D eigenvalue weighted by molar-refractivity contribution is -0.136. The summed E-state index contributed by atoms with van der Waals surface area (Å²) in [5, 5.41) is 5.83. The Bertz CT molecular complexity index is 707. The van der Waals surface area contributed by atoms with E-state index < -0.39 is 11.7 Å². The van der Waals surface area contributed by atoms with Crippen molar-refractivity contribution in [2.75, 3.05) is 10.6 Å². The molecule has 0 saturated carbocycles. The van der Waals surface area contributed by atoms with Crippen molar-refractivity contribution in [2.24, 2.45) is 0 Å². The zero-order valence-electron chi connectivity index (χ0n) is 10.8. The molecule has 0 aliphatic rings. The van der Waals surface area contributed by atoms with E-state index in [-0.39, 0.29) is 10.8 Å². The molecular weight excluding hydrogens is 401 g/mol. The number of benzene rings is 2. The van der Waals surface area contributed by atoms with E-state index in [0.717, 1.165) is 6.07 Å². The highest BCUT2D eigenvalue weighted by Crippen LogP contribution is 2.34. The predicted octanol–water partition coefficient (Wildman–Crippen LogP) is 5.93. The molecule has 8 heteroatoms. The van der Waals surface area contributed by atoms with Crippen LogP contribution in [-0.4, -0.2) is 5.11 Å². The molecule has 0 fully saturated rings. The molecule has 0 spiro atoms. The molecule has 2 aromatic rings. The number of hydrogen-bond acceptors (Lipinski definition) is 1. The lowest BCUT2D eigenvalue weighted by Gasteiger charge is -2.16. The van der Waals surface area contributed by atoms with Crippen molar-refractivity contribution in [2.45, 2.75) is 6.18 Å². The topological polar surface area (TPSA) is 24.1 Å². The van der Waals surface area contributed by atoms with Gasteiger partial charge in [0.2, 0.25) is 0 Å². The summed E-state index contributed by atoms with van der Waals surface area (Å²) in [5.41, 5.74) is -0.334. The van der Waals surface area contributed by atoms with Crippen LogP contribution >= 0.6 is 39.7 Å². The van der Waals surface area contributed by atoms with Crippen LogP contribution in [0.3, 0.4) is 0 Å². The molecule has 0 heterocycles. The van der Waals surface area contributed by atoms with Gasteiger partial charge in [-0.1, -0.05) is 23.7 Å². The smallest absolute Gasteiger partial charge is 0.332 e. The lowest BCUT2D eigenvalue weighted by Crippen LogP contribution is -2.21. The van der Waals surface area contributed by atoms with Crippen molar-refractivity contribution in [3.05, 3.63) is 57.5 Å². The Morgan fingerprint density at radius 2 is 1.77 bits per heavy atom. The third-order valence-electron chi connectivity index (χ3n) is 2.66. The lowest BCUT2D eigenvalue weighted by atomic mass is 10.1. The van der Waals surface area contributed by atoms with Crippen LogP contribution < -0.4 is 10.6 Å². The van der Waals surface area contributed by atoms with Crippen LogP contribution in [0.1, 0.15) is 5.56 Å². The van der Waals surface area contributed by atoms with Crippen LogP contribution in [0.2, 0.25) is 5.02 Å². The third kappa shape index (κ3) is 4.34. The van der Waals surface area contributed by atoms with Crippen LogP contribution in [-0.2, 0) is 6.18 Å². The highest BCUT2D eigenvalue weighted by molar-refractivity contribution is 9.10. The third-order valence-corrected chi connectivity index (χ3v) is 4.09. The zero-order chi connectivity index (χ0) is 16.3. The summed E-state index contributed by atoms with van der Waals surface area (Å²) in [7, 11) is 0. The Hall–Kier alpha value is -1.31. The second kappa shape index (κ2) is 6.85. The van der Waals surface area contributed by atoms with Crippen molar-refractivity contribution >= 4 is 56.2 Å². The maximum Gasteiger partial charge on any atom is 0.418 e. The van der Waals surface area contributed by atoms with Crippen molar-refractivity contribution in [3.8, 4) is 0 Å². The summed E-state index contributed by atoms with van der Waals surface area (Å²) in [6.07, 6.45) is -4.46. The van der Waals surface area contributed by atoms with Crippen LogP contribution in [0.5, 0.6) is 0 Å². The van der Waals surface area contributed by atoms with Gasteiger partial charge >= 0.3 is 6.18 Å². The van der Waals surface area contributed by atoms with E-state index in [2.05, 4.69) is 26.6 Å². The van der Waals surface area contributed by atoms with Crippen LogP contribution in [0.4, 0.5) is 24.5 Å². The molecule has 0 aliphatic heterocycles. The molecule has 0 bridgehead atoms. The molecule has 0 atom stereocenters. The largest absolute Gasteiger partial charge is 0.418 e. The van der Waals surface area contributed by atoms with Gasteiger partial charge in [0.15, 0.2) is 5.11 Å². The number of anilines is 2. The Balaban J connectivity index is 2.14. The van der Waals surface area contributed by atoms with E-state index in [1.165, 1.54) is 18.2 Å². The van der Waals surface area contributed by atoms with Gasteiger partial charge in [0.25, 0.3) is 0 Å². The van der Waals surface area contributed by atoms with E-state index in [0.29, 0.717) is 15.2 Å². The first-order chi connectivity index (χ1) is 10.3. The molecule has 0 radical (unpaired) electrons.